The summed E-state index contributed by atoms with van der Waals surface area (Å²) >= 11 is 0. The van der Waals surface area contributed by atoms with E-state index < -0.39 is 0 Å². The van der Waals surface area contributed by atoms with Crippen LogP contribution in [0, 0.1) is 0 Å². The average molecular weight is 409 g/mol. The largest absolute Gasteiger partial charge is 0.355 e. The van der Waals surface area contributed by atoms with Gasteiger partial charge in [-0.1, -0.05) is 48.5 Å². The van der Waals surface area contributed by atoms with E-state index in [1.807, 2.05) is 66.9 Å². The van der Waals surface area contributed by atoms with Crippen LogP contribution in [0.5, 0.6) is 0 Å². The van der Waals surface area contributed by atoms with Gasteiger partial charge in [0.1, 0.15) is 5.82 Å². The number of nitrogens with zero attached hydrogens (tertiary/aromatic N) is 3. The van der Waals surface area contributed by atoms with Crippen molar-refractivity contribution in [1.29, 1.82) is 0 Å². The van der Waals surface area contributed by atoms with Crippen LogP contribution in [0.1, 0.15) is 18.4 Å². The van der Waals surface area contributed by atoms with Gasteiger partial charge in [-0.25, -0.2) is 4.98 Å². The topological polar surface area (TPSA) is 58.1 Å². The summed E-state index contributed by atoms with van der Waals surface area (Å²) in [6.07, 6.45) is 4.67. The Bertz CT molecular complexity index is 1200. The first-order valence-corrected chi connectivity index (χ1v) is 10.7. The lowest BCUT2D eigenvalue weighted by Gasteiger charge is -2.16. The van der Waals surface area contributed by atoms with Gasteiger partial charge in [-0.15, -0.1) is 0 Å². The first-order valence-electron chi connectivity index (χ1n) is 10.7. The summed E-state index contributed by atoms with van der Waals surface area (Å²) in [7, 11) is 0. The third kappa shape index (κ3) is 4.40. The van der Waals surface area contributed by atoms with Gasteiger partial charge < -0.3 is 10.2 Å². The predicted octanol–water partition coefficient (Wildman–Crippen LogP) is 5.08. The Hall–Kier alpha value is -3.73. The molecule has 1 N–H and O–H groups in total. The molecule has 5 rings (SSSR count). The van der Waals surface area contributed by atoms with Crippen LogP contribution in [0.2, 0.25) is 0 Å². The number of fused-ring (bicyclic) bond motifs is 1. The quantitative estimate of drug-likeness (QED) is 0.500. The van der Waals surface area contributed by atoms with E-state index in [0.717, 1.165) is 52.3 Å². The molecule has 1 aliphatic rings. The molecule has 154 valence electrons. The number of rotatable bonds is 5. The highest BCUT2D eigenvalue weighted by molar-refractivity contribution is 5.92. The van der Waals surface area contributed by atoms with Crippen LogP contribution in [0.25, 0.3) is 22.2 Å². The number of carbonyl (C=O) groups is 1. The Morgan fingerprint density at radius 1 is 0.871 bits per heavy atom. The zero-order valence-electron chi connectivity index (χ0n) is 17.3. The molecule has 31 heavy (non-hydrogen) atoms. The molecule has 1 amide bonds. The molecule has 0 bridgehead atoms. The number of aromatic nitrogens is 2. The van der Waals surface area contributed by atoms with E-state index in [0.29, 0.717) is 6.42 Å². The van der Waals surface area contributed by atoms with Crippen molar-refractivity contribution in [1.82, 2.24) is 9.97 Å². The molecule has 1 saturated heterocycles. The molecule has 0 atom stereocenters. The number of nitrogens with one attached hydrogen (secondary N) is 1. The van der Waals surface area contributed by atoms with Crippen molar-refractivity contribution in [3.05, 3.63) is 84.6 Å². The predicted molar refractivity (Wildman–Crippen MR) is 125 cm³/mol. The SMILES string of the molecule is O=C(Cc1ccccc1)Nc1ccc(-c2ccc3ncc(N4CCCC4)nc3c2)cc1. The molecule has 0 saturated carbocycles. The molecule has 0 radical (unpaired) electrons. The normalized spacial score (nSPS) is 13.5. The number of anilines is 2. The second-order valence-corrected chi connectivity index (χ2v) is 7.91. The fourth-order valence-electron chi connectivity index (χ4n) is 4.01. The molecule has 0 unspecified atom stereocenters. The summed E-state index contributed by atoms with van der Waals surface area (Å²) in [4.78, 5) is 24.0. The molecule has 1 aromatic heterocycles. The standard InChI is InChI=1S/C26H24N4O/c31-26(16-19-6-2-1-3-7-19)28-22-11-8-20(9-12-22)21-10-13-23-24(17-21)29-25(18-27-23)30-14-4-5-15-30/h1-3,6-13,17-18H,4-5,14-16H2,(H,28,31). The highest BCUT2D eigenvalue weighted by atomic mass is 16.1. The third-order valence-electron chi connectivity index (χ3n) is 5.67. The maximum absolute atomic E-state index is 12.3. The van der Waals surface area contributed by atoms with Gasteiger partial charge in [-0.05, 0) is 53.8 Å². The fraction of sp³-hybridized carbons (Fsp3) is 0.192. The zero-order valence-corrected chi connectivity index (χ0v) is 17.3. The van der Waals surface area contributed by atoms with Crippen LogP contribution in [-0.4, -0.2) is 29.0 Å². The van der Waals surface area contributed by atoms with Crippen LogP contribution in [0.3, 0.4) is 0 Å². The fourth-order valence-corrected chi connectivity index (χ4v) is 4.01. The van der Waals surface area contributed by atoms with E-state index >= 15 is 0 Å². The number of hydrogen-bond donors (Lipinski definition) is 1. The van der Waals surface area contributed by atoms with Gasteiger partial charge in [-0.3, -0.25) is 9.78 Å². The number of hydrogen-bond acceptors (Lipinski definition) is 4. The van der Waals surface area contributed by atoms with Crippen molar-refractivity contribution in [3.8, 4) is 11.1 Å². The average Bonchev–Trinajstić information content (AvgIpc) is 3.34. The lowest BCUT2D eigenvalue weighted by molar-refractivity contribution is -0.115. The molecule has 0 aliphatic carbocycles. The molecule has 1 fully saturated rings. The molecule has 1 aliphatic heterocycles. The minimum atomic E-state index is -0.0191. The highest BCUT2D eigenvalue weighted by Gasteiger charge is 2.14. The van der Waals surface area contributed by atoms with E-state index in [4.69, 9.17) is 4.98 Å². The Morgan fingerprint density at radius 3 is 2.39 bits per heavy atom. The Morgan fingerprint density at radius 2 is 1.61 bits per heavy atom. The van der Waals surface area contributed by atoms with Crippen LogP contribution in [0.15, 0.2) is 79.0 Å². The summed E-state index contributed by atoms with van der Waals surface area (Å²) < 4.78 is 0. The van der Waals surface area contributed by atoms with E-state index in [1.165, 1.54) is 12.8 Å². The Labute approximate surface area is 181 Å². The minimum absolute atomic E-state index is 0.0191. The smallest absolute Gasteiger partial charge is 0.228 e. The second kappa shape index (κ2) is 8.56. The molecule has 0 spiro atoms. The van der Waals surface area contributed by atoms with Crippen molar-refractivity contribution in [2.24, 2.45) is 0 Å². The molecule has 5 nitrogen and oxygen atoms in total. The summed E-state index contributed by atoms with van der Waals surface area (Å²) in [5.41, 5.74) is 5.77. The van der Waals surface area contributed by atoms with Crippen molar-refractivity contribution < 1.29 is 4.79 Å². The van der Waals surface area contributed by atoms with Crippen molar-refractivity contribution >= 4 is 28.4 Å². The molecule has 3 aromatic carbocycles. The van der Waals surface area contributed by atoms with Crippen molar-refractivity contribution in [3.63, 3.8) is 0 Å². The summed E-state index contributed by atoms with van der Waals surface area (Å²) in [6, 6.07) is 23.9. The Balaban J connectivity index is 1.32. The molecular formula is C26H24N4O. The van der Waals surface area contributed by atoms with Gasteiger partial charge in [0.25, 0.3) is 0 Å². The summed E-state index contributed by atoms with van der Waals surface area (Å²) in [6.45, 7) is 2.11. The lowest BCUT2D eigenvalue weighted by atomic mass is 10.0. The van der Waals surface area contributed by atoms with Gasteiger partial charge in [0.15, 0.2) is 0 Å². The number of carbonyl (C=O) groups excluding carboxylic acids is 1. The maximum atomic E-state index is 12.3. The first-order chi connectivity index (χ1) is 15.2. The minimum Gasteiger partial charge on any atom is -0.355 e. The first kappa shape index (κ1) is 19.2. The van der Waals surface area contributed by atoms with Gasteiger partial charge in [0, 0.05) is 18.8 Å². The van der Waals surface area contributed by atoms with Gasteiger partial charge >= 0.3 is 0 Å². The molecule has 2 heterocycles. The van der Waals surface area contributed by atoms with Gasteiger partial charge in [0.05, 0.1) is 23.7 Å². The maximum Gasteiger partial charge on any atom is 0.228 e. The highest BCUT2D eigenvalue weighted by Crippen LogP contribution is 2.26. The third-order valence-corrected chi connectivity index (χ3v) is 5.67. The molecular weight excluding hydrogens is 384 g/mol. The van der Waals surface area contributed by atoms with Crippen LogP contribution < -0.4 is 10.2 Å². The van der Waals surface area contributed by atoms with Gasteiger partial charge in [-0.2, -0.15) is 0 Å². The number of amides is 1. The van der Waals surface area contributed by atoms with Crippen molar-refractivity contribution in [2.75, 3.05) is 23.3 Å². The Kier molecular flexibility index (Phi) is 5.31. The monoisotopic (exact) mass is 408 g/mol. The van der Waals surface area contributed by atoms with Gasteiger partial charge in [0.2, 0.25) is 5.91 Å². The van der Waals surface area contributed by atoms with Crippen molar-refractivity contribution in [2.45, 2.75) is 19.3 Å². The van der Waals surface area contributed by atoms with Crippen LogP contribution in [0.4, 0.5) is 11.5 Å². The summed E-state index contributed by atoms with van der Waals surface area (Å²) in [5.74, 6) is 0.938. The zero-order chi connectivity index (χ0) is 21.0. The number of benzene rings is 3. The van der Waals surface area contributed by atoms with Crippen LogP contribution in [-0.2, 0) is 11.2 Å². The van der Waals surface area contributed by atoms with E-state index in [-0.39, 0.29) is 5.91 Å². The second-order valence-electron chi connectivity index (χ2n) is 7.91. The lowest BCUT2D eigenvalue weighted by Crippen LogP contribution is -2.19. The van der Waals surface area contributed by atoms with E-state index in [2.05, 4.69) is 27.3 Å². The van der Waals surface area contributed by atoms with E-state index in [9.17, 15) is 4.79 Å². The van der Waals surface area contributed by atoms with E-state index in [1.54, 1.807) is 0 Å². The summed E-state index contributed by atoms with van der Waals surface area (Å²) in [5, 5.41) is 2.97. The molecule has 5 heteroatoms. The van der Waals surface area contributed by atoms with Crippen LogP contribution >= 0.6 is 0 Å². The molecule has 4 aromatic rings.